The number of ether oxygens (including phenoxy) is 2. The minimum atomic E-state index is -1.20. The summed E-state index contributed by atoms with van der Waals surface area (Å²) >= 11 is 0. The van der Waals surface area contributed by atoms with Crippen LogP contribution in [0.25, 0.3) is 0 Å². The van der Waals surface area contributed by atoms with Crippen LogP contribution < -0.4 is 0 Å². The van der Waals surface area contributed by atoms with Crippen LogP contribution in [0.1, 0.15) is 75.2 Å². The molecule has 0 saturated carbocycles. The van der Waals surface area contributed by atoms with Gasteiger partial charge in [-0.05, 0) is 66.7 Å². The maximum absolute atomic E-state index is 13.0. The number of nitrogens with zero attached hydrogens (tertiary/aromatic N) is 1. The van der Waals surface area contributed by atoms with E-state index in [0.717, 1.165) is 0 Å². The summed E-state index contributed by atoms with van der Waals surface area (Å²) in [7, 11) is 0. The number of amides is 1. The molecule has 7 nitrogen and oxygen atoms in total. The van der Waals surface area contributed by atoms with Gasteiger partial charge in [-0.3, -0.25) is 9.69 Å². The highest BCUT2D eigenvalue weighted by molar-refractivity contribution is 5.75. The first-order chi connectivity index (χ1) is 11.9. The summed E-state index contributed by atoms with van der Waals surface area (Å²) in [5.74, 6) is -0.987. The second-order valence-electron chi connectivity index (χ2n) is 10.3. The summed E-state index contributed by atoms with van der Waals surface area (Å²) in [6, 6.07) is -0.498. The topological polar surface area (TPSA) is 96.3 Å². The third-order valence-corrected chi connectivity index (χ3v) is 5.08. The molecule has 1 aliphatic heterocycles. The van der Waals surface area contributed by atoms with Gasteiger partial charge in [-0.2, -0.15) is 0 Å². The van der Waals surface area contributed by atoms with Crippen molar-refractivity contribution >= 4 is 12.1 Å². The van der Waals surface area contributed by atoms with E-state index in [1.165, 1.54) is 4.90 Å². The lowest BCUT2D eigenvalue weighted by atomic mass is 9.75. The minimum Gasteiger partial charge on any atom is -0.481 e. The number of carboxylic acids is 1. The van der Waals surface area contributed by atoms with Crippen molar-refractivity contribution in [3.63, 3.8) is 0 Å². The first-order valence-electron chi connectivity index (χ1n) is 9.49. The largest absolute Gasteiger partial charge is 0.481 e. The zero-order valence-corrected chi connectivity index (χ0v) is 18.3. The number of hydrogen-bond donors (Lipinski definition) is 2. The summed E-state index contributed by atoms with van der Waals surface area (Å²) in [6.45, 7) is 16.1. The molecule has 158 valence electrons. The van der Waals surface area contributed by atoms with Crippen LogP contribution >= 0.6 is 0 Å². The van der Waals surface area contributed by atoms with Crippen LogP contribution in [-0.2, 0) is 14.3 Å². The average molecular weight is 388 g/mol. The second-order valence-corrected chi connectivity index (χ2v) is 10.3. The van der Waals surface area contributed by atoms with Gasteiger partial charge in [-0.1, -0.05) is 13.8 Å². The summed E-state index contributed by atoms with van der Waals surface area (Å²) < 4.78 is 11.7. The van der Waals surface area contributed by atoms with E-state index in [0.29, 0.717) is 12.8 Å². The molecule has 1 saturated heterocycles. The summed E-state index contributed by atoms with van der Waals surface area (Å²) in [4.78, 5) is 26.4. The summed E-state index contributed by atoms with van der Waals surface area (Å²) in [6.07, 6.45) is -0.222. The number of carbonyl (C=O) groups excluding carboxylic acids is 1. The Morgan fingerprint density at radius 3 is 2.04 bits per heavy atom. The van der Waals surface area contributed by atoms with Crippen LogP contribution in [0.3, 0.4) is 0 Å². The maximum Gasteiger partial charge on any atom is 0.412 e. The molecule has 1 amide bonds. The molecule has 2 atom stereocenters. The zero-order chi connectivity index (χ0) is 21.4. The van der Waals surface area contributed by atoms with Crippen molar-refractivity contribution in [2.24, 2.45) is 10.8 Å². The molecule has 0 aromatic carbocycles. The van der Waals surface area contributed by atoms with Gasteiger partial charge in [0.25, 0.3) is 0 Å². The predicted octanol–water partition coefficient (Wildman–Crippen LogP) is 3.64. The van der Waals surface area contributed by atoms with Crippen molar-refractivity contribution in [3.8, 4) is 0 Å². The molecule has 2 N–H and O–H groups in total. The normalized spacial score (nSPS) is 23.4. The SMILES string of the molecule is CC(C)(CCO)C[C@H]1[C@H](C(C)(C)C(=O)O)OC(C)(C)N1C(=O)OC(C)(C)C. The lowest BCUT2D eigenvalue weighted by Crippen LogP contribution is -2.53. The Kier molecular flexibility index (Phi) is 6.66. The van der Waals surface area contributed by atoms with Gasteiger partial charge < -0.3 is 19.7 Å². The van der Waals surface area contributed by atoms with Crippen molar-refractivity contribution in [3.05, 3.63) is 0 Å². The molecule has 0 radical (unpaired) electrons. The smallest absolute Gasteiger partial charge is 0.412 e. The number of aliphatic carboxylic acids is 1. The highest BCUT2D eigenvalue weighted by Gasteiger charge is 2.58. The van der Waals surface area contributed by atoms with Gasteiger partial charge in [0.15, 0.2) is 0 Å². The predicted molar refractivity (Wildman–Crippen MR) is 102 cm³/mol. The average Bonchev–Trinajstić information content (AvgIpc) is 2.67. The van der Waals surface area contributed by atoms with Crippen molar-refractivity contribution in [2.45, 2.75) is 98.6 Å². The Balaban J connectivity index is 3.38. The Morgan fingerprint density at radius 1 is 1.11 bits per heavy atom. The van der Waals surface area contributed by atoms with E-state index in [-0.39, 0.29) is 12.0 Å². The van der Waals surface area contributed by atoms with Crippen LogP contribution in [0, 0.1) is 10.8 Å². The number of aliphatic hydroxyl groups excluding tert-OH is 1. The highest BCUT2D eigenvalue weighted by Crippen LogP contribution is 2.45. The van der Waals surface area contributed by atoms with Crippen LogP contribution in [0.4, 0.5) is 4.79 Å². The first-order valence-corrected chi connectivity index (χ1v) is 9.49. The summed E-state index contributed by atoms with van der Waals surface area (Å²) in [5.41, 5.74) is -3.21. The molecule has 0 unspecified atom stereocenters. The lowest BCUT2D eigenvalue weighted by molar-refractivity contribution is -0.160. The zero-order valence-electron chi connectivity index (χ0n) is 18.3. The van der Waals surface area contributed by atoms with E-state index in [2.05, 4.69) is 0 Å². The lowest BCUT2D eigenvalue weighted by Gasteiger charge is -2.39. The van der Waals surface area contributed by atoms with E-state index in [9.17, 15) is 19.8 Å². The fourth-order valence-corrected chi connectivity index (χ4v) is 3.57. The fourth-order valence-electron chi connectivity index (χ4n) is 3.57. The van der Waals surface area contributed by atoms with Crippen molar-refractivity contribution in [1.82, 2.24) is 4.90 Å². The Bertz CT molecular complexity index is 561. The van der Waals surface area contributed by atoms with Gasteiger partial charge in [0, 0.05) is 6.61 Å². The molecule has 0 bridgehead atoms. The molecule has 1 rings (SSSR count). The van der Waals surface area contributed by atoms with Crippen LogP contribution in [-0.4, -0.2) is 57.3 Å². The van der Waals surface area contributed by atoms with Crippen molar-refractivity contribution < 1.29 is 29.3 Å². The van der Waals surface area contributed by atoms with E-state index in [1.807, 2.05) is 13.8 Å². The van der Waals surface area contributed by atoms with Crippen LogP contribution in [0.2, 0.25) is 0 Å². The van der Waals surface area contributed by atoms with Crippen molar-refractivity contribution in [2.75, 3.05) is 6.61 Å². The van der Waals surface area contributed by atoms with Crippen LogP contribution in [0.15, 0.2) is 0 Å². The fraction of sp³-hybridized carbons (Fsp3) is 0.900. The standard InChI is InChI=1S/C20H37NO6/c1-17(2,3)27-16(25)21-13(12-18(4,5)10-11-22)14(26-20(21,8)9)19(6,7)15(23)24/h13-14,22H,10-12H2,1-9H3,(H,23,24)/t13-,14+/m0/s1. The molecule has 0 aromatic rings. The molecule has 1 heterocycles. The molecular weight excluding hydrogens is 350 g/mol. The molecule has 0 spiro atoms. The first kappa shape index (κ1) is 23.7. The molecule has 7 heteroatoms. The molecule has 1 aliphatic rings. The number of carbonyl (C=O) groups is 2. The second kappa shape index (κ2) is 7.59. The van der Waals surface area contributed by atoms with Crippen LogP contribution in [0.5, 0.6) is 0 Å². The summed E-state index contributed by atoms with van der Waals surface area (Å²) in [5, 5.41) is 19.1. The van der Waals surface area contributed by atoms with E-state index in [4.69, 9.17) is 9.47 Å². The van der Waals surface area contributed by atoms with E-state index >= 15 is 0 Å². The Hall–Kier alpha value is -1.34. The Morgan fingerprint density at radius 2 is 1.63 bits per heavy atom. The minimum absolute atomic E-state index is 0.0173. The maximum atomic E-state index is 13.0. The monoisotopic (exact) mass is 387 g/mol. The van der Waals surface area contributed by atoms with E-state index in [1.54, 1.807) is 48.5 Å². The van der Waals surface area contributed by atoms with Crippen molar-refractivity contribution in [1.29, 1.82) is 0 Å². The quantitative estimate of drug-likeness (QED) is 0.722. The van der Waals surface area contributed by atoms with E-state index < -0.39 is 40.9 Å². The van der Waals surface area contributed by atoms with Gasteiger partial charge in [0.2, 0.25) is 0 Å². The number of rotatable bonds is 6. The van der Waals surface area contributed by atoms with Gasteiger partial charge >= 0.3 is 12.1 Å². The molecule has 27 heavy (non-hydrogen) atoms. The molecule has 0 aromatic heterocycles. The number of aliphatic hydroxyl groups is 1. The number of carboxylic acid groups (broad SMARTS) is 1. The highest BCUT2D eigenvalue weighted by atomic mass is 16.6. The molecule has 1 fully saturated rings. The van der Waals surface area contributed by atoms with Gasteiger partial charge in [0.05, 0.1) is 17.6 Å². The van der Waals surface area contributed by atoms with Gasteiger partial charge in [-0.15, -0.1) is 0 Å². The van der Waals surface area contributed by atoms with Gasteiger partial charge in [-0.25, -0.2) is 4.79 Å². The van der Waals surface area contributed by atoms with Gasteiger partial charge in [0.1, 0.15) is 11.3 Å². The Labute approximate surface area is 163 Å². The molecular formula is C20H37NO6. The third-order valence-electron chi connectivity index (χ3n) is 5.08. The third kappa shape index (κ3) is 5.57. The molecule has 0 aliphatic carbocycles. The number of hydrogen-bond acceptors (Lipinski definition) is 5.